The Balaban J connectivity index is 1.33. The van der Waals surface area contributed by atoms with Gasteiger partial charge in [-0.2, -0.15) is 5.10 Å². The third kappa shape index (κ3) is 4.42. The van der Waals surface area contributed by atoms with E-state index in [0.717, 1.165) is 44.3 Å². The van der Waals surface area contributed by atoms with Gasteiger partial charge in [0.05, 0.1) is 11.7 Å². The number of hydrazone groups is 1. The Morgan fingerprint density at radius 1 is 0.912 bits per heavy atom. The van der Waals surface area contributed by atoms with Crippen LogP contribution in [0.5, 0.6) is 5.75 Å². The number of anilines is 2. The molecule has 6 nitrogen and oxygen atoms in total. The summed E-state index contributed by atoms with van der Waals surface area (Å²) in [5.74, 6) is -0.128. The summed E-state index contributed by atoms with van der Waals surface area (Å²) >= 11 is 0. The molecule has 0 saturated carbocycles. The van der Waals surface area contributed by atoms with Crippen LogP contribution in [-0.2, 0) is 0 Å². The zero-order valence-corrected chi connectivity index (χ0v) is 18.5. The molecule has 1 heterocycles. The first-order valence-corrected chi connectivity index (χ1v) is 10.9. The second kappa shape index (κ2) is 9.03. The summed E-state index contributed by atoms with van der Waals surface area (Å²) in [6.07, 6.45) is 1.52. The molecule has 6 heteroatoms. The predicted molar refractivity (Wildman–Crippen MR) is 137 cm³/mol. The Morgan fingerprint density at radius 3 is 2.47 bits per heavy atom. The van der Waals surface area contributed by atoms with Crippen molar-refractivity contribution in [1.82, 2.24) is 10.4 Å². The molecule has 34 heavy (non-hydrogen) atoms. The number of aromatic hydroxyl groups is 1. The van der Waals surface area contributed by atoms with E-state index in [1.165, 1.54) is 6.21 Å². The normalized spacial score (nSPS) is 11.2. The van der Waals surface area contributed by atoms with Crippen molar-refractivity contribution in [3.63, 3.8) is 0 Å². The number of aromatic nitrogens is 1. The minimum Gasteiger partial charge on any atom is -0.508 e. The molecule has 0 bridgehead atoms. The highest BCUT2D eigenvalue weighted by Crippen LogP contribution is 2.31. The largest absolute Gasteiger partial charge is 0.508 e. The number of benzene rings is 4. The van der Waals surface area contributed by atoms with Gasteiger partial charge in [-0.15, -0.1) is 0 Å². The van der Waals surface area contributed by atoms with Crippen LogP contribution < -0.4 is 10.7 Å². The number of hydrogen-bond donors (Lipinski definition) is 3. The fourth-order valence-corrected chi connectivity index (χ4v) is 3.84. The van der Waals surface area contributed by atoms with Crippen LogP contribution in [0.2, 0.25) is 0 Å². The number of phenolic OH excluding ortho intramolecular Hbond substituents is 1. The third-order valence-electron chi connectivity index (χ3n) is 5.53. The van der Waals surface area contributed by atoms with Crippen molar-refractivity contribution in [2.45, 2.75) is 6.92 Å². The molecular formula is C28H22N4O2. The number of carbonyl (C=O) groups excluding carboxylic acids is 1. The maximum atomic E-state index is 12.4. The van der Waals surface area contributed by atoms with Gasteiger partial charge in [0, 0.05) is 33.4 Å². The van der Waals surface area contributed by atoms with E-state index in [0.29, 0.717) is 5.56 Å². The number of nitrogens with one attached hydrogen (secondary N) is 2. The minimum absolute atomic E-state index is 0.179. The van der Waals surface area contributed by atoms with Gasteiger partial charge in [-0.1, -0.05) is 36.4 Å². The summed E-state index contributed by atoms with van der Waals surface area (Å²) in [6, 6.07) is 28.2. The van der Waals surface area contributed by atoms with Crippen molar-refractivity contribution >= 4 is 45.2 Å². The van der Waals surface area contributed by atoms with Crippen LogP contribution >= 0.6 is 0 Å². The van der Waals surface area contributed by atoms with Gasteiger partial charge in [0.25, 0.3) is 5.91 Å². The fraction of sp³-hybridized carbons (Fsp3) is 0.0357. The van der Waals surface area contributed by atoms with Crippen molar-refractivity contribution in [3.8, 4) is 5.75 Å². The van der Waals surface area contributed by atoms with Gasteiger partial charge in [-0.3, -0.25) is 9.78 Å². The van der Waals surface area contributed by atoms with Crippen molar-refractivity contribution in [2.75, 3.05) is 5.32 Å². The summed E-state index contributed by atoms with van der Waals surface area (Å²) in [5, 5.41) is 20.1. The van der Waals surface area contributed by atoms with E-state index >= 15 is 0 Å². The number of carbonyl (C=O) groups is 1. The molecule has 0 aliphatic carbocycles. The van der Waals surface area contributed by atoms with E-state index in [1.807, 2.05) is 37.3 Å². The molecule has 5 rings (SSSR count). The highest BCUT2D eigenvalue weighted by molar-refractivity contribution is 6.09. The molecule has 0 radical (unpaired) electrons. The molecule has 3 N–H and O–H groups in total. The summed E-state index contributed by atoms with van der Waals surface area (Å²) in [6.45, 7) is 1.98. The molecule has 166 valence electrons. The first-order chi connectivity index (χ1) is 16.6. The van der Waals surface area contributed by atoms with Crippen LogP contribution in [0.1, 0.15) is 21.6 Å². The molecular weight excluding hydrogens is 424 g/mol. The van der Waals surface area contributed by atoms with Crippen LogP contribution in [0, 0.1) is 6.92 Å². The van der Waals surface area contributed by atoms with Gasteiger partial charge >= 0.3 is 0 Å². The second-order valence-electron chi connectivity index (χ2n) is 7.99. The van der Waals surface area contributed by atoms with Gasteiger partial charge in [0.2, 0.25) is 0 Å². The SMILES string of the molecule is Cc1cc(Nc2ccc(C(=O)N/N=C/c3ccc(O)cc3)cc2)c2ccc3ccccc3c2n1. The van der Waals surface area contributed by atoms with E-state index in [2.05, 4.69) is 40.1 Å². The number of fused-ring (bicyclic) bond motifs is 3. The van der Waals surface area contributed by atoms with Gasteiger partial charge in [0.1, 0.15) is 5.75 Å². The Hall–Kier alpha value is -4.71. The lowest BCUT2D eigenvalue weighted by Gasteiger charge is -2.13. The maximum absolute atomic E-state index is 12.4. The monoisotopic (exact) mass is 446 g/mol. The van der Waals surface area contributed by atoms with Crippen LogP contribution in [0.3, 0.4) is 0 Å². The topological polar surface area (TPSA) is 86.6 Å². The molecule has 0 aliphatic rings. The average molecular weight is 447 g/mol. The van der Waals surface area contributed by atoms with Crippen LogP contribution in [-0.4, -0.2) is 22.2 Å². The highest BCUT2D eigenvalue weighted by atomic mass is 16.3. The Kier molecular flexibility index (Phi) is 5.62. The zero-order valence-electron chi connectivity index (χ0n) is 18.5. The van der Waals surface area contributed by atoms with E-state index in [1.54, 1.807) is 36.4 Å². The second-order valence-corrected chi connectivity index (χ2v) is 7.99. The number of rotatable bonds is 5. The molecule has 4 aromatic carbocycles. The predicted octanol–water partition coefficient (Wildman–Crippen LogP) is 5.91. The number of pyridine rings is 1. The van der Waals surface area contributed by atoms with Crippen molar-refractivity contribution in [2.24, 2.45) is 5.10 Å². The molecule has 0 atom stereocenters. The number of hydrogen-bond acceptors (Lipinski definition) is 5. The Bertz CT molecular complexity index is 1530. The summed E-state index contributed by atoms with van der Waals surface area (Å²) in [7, 11) is 0. The van der Waals surface area contributed by atoms with E-state index in [4.69, 9.17) is 4.98 Å². The molecule has 0 unspecified atom stereocenters. The standard InChI is InChI=1S/C28H22N4O2/c1-18-16-26(25-15-10-20-4-2-3-5-24(20)27(25)30-18)31-22-11-8-21(9-12-22)28(34)32-29-17-19-6-13-23(33)14-7-19/h2-17,33H,1H3,(H,30,31)(H,32,34)/b29-17+. The molecule has 0 aliphatic heterocycles. The van der Waals surface area contributed by atoms with Crippen molar-refractivity contribution < 1.29 is 9.90 Å². The zero-order chi connectivity index (χ0) is 23.5. The van der Waals surface area contributed by atoms with Crippen LogP contribution in [0.15, 0.2) is 96.1 Å². The van der Waals surface area contributed by atoms with E-state index in [9.17, 15) is 9.90 Å². The van der Waals surface area contributed by atoms with Gasteiger partial charge < -0.3 is 10.4 Å². The van der Waals surface area contributed by atoms with Gasteiger partial charge in [-0.25, -0.2) is 5.43 Å². The first-order valence-electron chi connectivity index (χ1n) is 10.9. The molecule has 0 fully saturated rings. The lowest BCUT2D eigenvalue weighted by molar-refractivity contribution is 0.0955. The summed E-state index contributed by atoms with van der Waals surface area (Å²) in [5.41, 5.74) is 7.50. The summed E-state index contributed by atoms with van der Waals surface area (Å²) < 4.78 is 0. The lowest BCUT2D eigenvalue weighted by Crippen LogP contribution is -2.17. The third-order valence-corrected chi connectivity index (χ3v) is 5.53. The van der Waals surface area contributed by atoms with Crippen LogP contribution in [0.25, 0.3) is 21.7 Å². The molecule has 0 spiro atoms. The van der Waals surface area contributed by atoms with Crippen LogP contribution in [0.4, 0.5) is 11.4 Å². The van der Waals surface area contributed by atoms with Gasteiger partial charge in [0.15, 0.2) is 0 Å². The quantitative estimate of drug-likeness (QED) is 0.178. The van der Waals surface area contributed by atoms with Gasteiger partial charge in [-0.05, 0) is 72.5 Å². The van der Waals surface area contributed by atoms with Crippen molar-refractivity contribution in [1.29, 1.82) is 0 Å². The maximum Gasteiger partial charge on any atom is 0.271 e. The van der Waals surface area contributed by atoms with E-state index < -0.39 is 0 Å². The molecule has 1 aromatic heterocycles. The Morgan fingerprint density at radius 2 is 1.68 bits per heavy atom. The Labute approximate surface area is 196 Å². The average Bonchev–Trinajstić information content (AvgIpc) is 2.85. The molecule has 1 amide bonds. The number of aryl methyl sites for hydroxylation is 1. The molecule has 5 aromatic rings. The fourth-order valence-electron chi connectivity index (χ4n) is 3.84. The minimum atomic E-state index is -0.307. The lowest BCUT2D eigenvalue weighted by atomic mass is 10.0. The van der Waals surface area contributed by atoms with Crippen molar-refractivity contribution in [3.05, 3.63) is 108 Å². The number of nitrogens with zero attached hydrogens (tertiary/aromatic N) is 2. The smallest absolute Gasteiger partial charge is 0.271 e. The molecule has 0 saturated heterocycles. The first kappa shape index (κ1) is 21.2. The summed E-state index contributed by atoms with van der Waals surface area (Å²) in [4.78, 5) is 17.2. The number of phenols is 1. The van der Waals surface area contributed by atoms with E-state index in [-0.39, 0.29) is 11.7 Å². The highest BCUT2D eigenvalue weighted by Gasteiger charge is 2.09. The number of amides is 1.